The maximum atomic E-state index is 6.34. The van der Waals surface area contributed by atoms with E-state index < -0.39 is 0 Å². The number of piperidine rings is 1. The highest BCUT2D eigenvalue weighted by Crippen LogP contribution is 2.35. The van der Waals surface area contributed by atoms with Gasteiger partial charge in [0, 0.05) is 18.1 Å². The number of hydrogen-bond acceptors (Lipinski definition) is 3. The van der Waals surface area contributed by atoms with Crippen molar-refractivity contribution < 1.29 is 0 Å². The van der Waals surface area contributed by atoms with Gasteiger partial charge in [-0.05, 0) is 64.2 Å². The molecule has 2 aliphatic rings. The molecule has 1 saturated carbocycles. The molecule has 124 valence electrons. The van der Waals surface area contributed by atoms with Crippen molar-refractivity contribution in [2.45, 2.75) is 77.3 Å². The van der Waals surface area contributed by atoms with Gasteiger partial charge in [-0.25, -0.2) is 0 Å². The van der Waals surface area contributed by atoms with E-state index in [1.165, 1.54) is 71.1 Å². The van der Waals surface area contributed by atoms with Crippen LogP contribution in [-0.2, 0) is 0 Å². The van der Waals surface area contributed by atoms with Crippen molar-refractivity contribution in [1.82, 2.24) is 9.80 Å². The van der Waals surface area contributed by atoms with Crippen LogP contribution in [0.15, 0.2) is 0 Å². The van der Waals surface area contributed by atoms with Crippen LogP contribution in [0.4, 0.5) is 0 Å². The molecular formula is C18H37N3. The Morgan fingerprint density at radius 3 is 2.29 bits per heavy atom. The molecule has 1 saturated heterocycles. The van der Waals surface area contributed by atoms with Gasteiger partial charge in [0.1, 0.15) is 0 Å². The van der Waals surface area contributed by atoms with E-state index in [0.717, 1.165) is 18.5 Å². The van der Waals surface area contributed by atoms with E-state index in [4.69, 9.17) is 5.73 Å². The summed E-state index contributed by atoms with van der Waals surface area (Å²) in [6, 6.07) is 0.806. The molecule has 0 aromatic heterocycles. The number of nitrogens with two attached hydrogens (primary N) is 1. The molecule has 0 atom stereocenters. The zero-order valence-corrected chi connectivity index (χ0v) is 14.6. The van der Waals surface area contributed by atoms with Gasteiger partial charge in [-0.2, -0.15) is 0 Å². The second kappa shape index (κ2) is 7.94. The Morgan fingerprint density at radius 2 is 1.81 bits per heavy atom. The summed E-state index contributed by atoms with van der Waals surface area (Å²) in [7, 11) is 0. The second-order valence-electron chi connectivity index (χ2n) is 7.68. The van der Waals surface area contributed by atoms with E-state index in [9.17, 15) is 0 Å². The molecule has 0 unspecified atom stereocenters. The third-order valence-corrected chi connectivity index (χ3v) is 5.94. The summed E-state index contributed by atoms with van der Waals surface area (Å²) in [6.45, 7) is 12.7. The summed E-state index contributed by atoms with van der Waals surface area (Å²) in [5.74, 6) is 0.791. The van der Waals surface area contributed by atoms with Gasteiger partial charge in [-0.3, -0.25) is 4.90 Å². The molecule has 0 aromatic carbocycles. The maximum Gasteiger partial charge on any atom is 0.0358 e. The standard InChI is InChI=1S/C18H37N3/c1-4-20-13-10-18(15-19,11-14-20)21(12-9-16(2)3)17-7-5-6-8-17/h16-17H,4-15,19H2,1-3H3. The van der Waals surface area contributed by atoms with E-state index >= 15 is 0 Å². The fourth-order valence-corrected chi connectivity index (χ4v) is 4.31. The molecule has 1 aliphatic carbocycles. The maximum absolute atomic E-state index is 6.34. The average molecular weight is 296 g/mol. The second-order valence-corrected chi connectivity index (χ2v) is 7.68. The number of likely N-dealkylation sites (tertiary alicyclic amines) is 1. The van der Waals surface area contributed by atoms with Crippen LogP contribution in [0.5, 0.6) is 0 Å². The molecule has 0 aromatic rings. The molecule has 21 heavy (non-hydrogen) atoms. The first-order valence-electron chi connectivity index (χ1n) is 9.30. The number of hydrogen-bond donors (Lipinski definition) is 1. The van der Waals surface area contributed by atoms with E-state index in [1.54, 1.807) is 0 Å². The van der Waals surface area contributed by atoms with Crippen LogP contribution in [0.2, 0.25) is 0 Å². The van der Waals surface area contributed by atoms with Gasteiger partial charge in [0.05, 0.1) is 0 Å². The first kappa shape index (κ1) is 17.2. The summed E-state index contributed by atoms with van der Waals surface area (Å²) in [4.78, 5) is 5.45. The normalized spacial score (nSPS) is 24.3. The minimum Gasteiger partial charge on any atom is -0.329 e. The topological polar surface area (TPSA) is 32.5 Å². The van der Waals surface area contributed by atoms with Crippen molar-refractivity contribution >= 4 is 0 Å². The van der Waals surface area contributed by atoms with Gasteiger partial charge < -0.3 is 10.6 Å². The third kappa shape index (κ3) is 4.20. The zero-order chi connectivity index (χ0) is 15.3. The van der Waals surface area contributed by atoms with Gasteiger partial charge in [0.2, 0.25) is 0 Å². The van der Waals surface area contributed by atoms with Gasteiger partial charge in [0.15, 0.2) is 0 Å². The van der Waals surface area contributed by atoms with E-state index in [0.29, 0.717) is 0 Å². The highest BCUT2D eigenvalue weighted by Gasteiger charge is 2.41. The van der Waals surface area contributed by atoms with Crippen LogP contribution >= 0.6 is 0 Å². The minimum absolute atomic E-state index is 0.287. The zero-order valence-electron chi connectivity index (χ0n) is 14.6. The van der Waals surface area contributed by atoms with E-state index in [-0.39, 0.29) is 5.54 Å². The Balaban J connectivity index is 2.08. The highest BCUT2D eigenvalue weighted by molar-refractivity contribution is 4.99. The predicted octanol–water partition coefficient (Wildman–Crippen LogP) is 3.09. The van der Waals surface area contributed by atoms with Crippen molar-refractivity contribution in [3.8, 4) is 0 Å². The monoisotopic (exact) mass is 295 g/mol. The van der Waals surface area contributed by atoms with Crippen molar-refractivity contribution in [2.75, 3.05) is 32.7 Å². The first-order valence-corrected chi connectivity index (χ1v) is 9.30. The van der Waals surface area contributed by atoms with Crippen LogP contribution in [0.1, 0.15) is 65.7 Å². The SMILES string of the molecule is CCN1CCC(CN)(N(CCC(C)C)C2CCCC2)CC1. The smallest absolute Gasteiger partial charge is 0.0358 e. The van der Waals surface area contributed by atoms with Gasteiger partial charge in [0.25, 0.3) is 0 Å². The van der Waals surface area contributed by atoms with Crippen molar-refractivity contribution in [3.05, 3.63) is 0 Å². The van der Waals surface area contributed by atoms with Gasteiger partial charge in [-0.1, -0.05) is 33.6 Å². The lowest BCUT2D eigenvalue weighted by atomic mass is 9.83. The Kier molecular flexibility index (Phi) is 6.51. The number of nitrogens with zero attached hydrogens (tertiary/aromatic N) is 2. The predicted molar refractivity (Wildman–Crippen MR) is 91.6 cm³/mol. The molecule has 2 N–H and O–H groups in total. The van der Waals surface area contributed by atoms with Crippen LogP contribution in [0.25, 0.3) is 0 Å². The lowest BCUT2D eigenvalue weighted by Crippen LogP contribution is -2.62. The quantitative estimate of drug-likeness (QED) is 0.783. The summed E-state index contributed by atoms with van der Waals surface area (Å²) < 4.78 is 0. The lowest BCUT2D eigenvalue weighted by molar-refractivity contribution is -0.00397. The van der Waals surface area contributed by atoms with Crippen LogP contribution in [-0.4, -0.2) is 54.1 Å². The molecule has 1 heterocycles. The summed E-state index contributed by atoms with van der Waals surface area (Å²) in [6.07, 6.45) is 9.50. The fourth-order valence-electron chi connectivity index (χ4n) is 4.31. The first-order chi connectivity index (χ1) is 10.1. The molecule has 0 radical (unpaired) electrons. The summed E-state index contributed by atoms with van der Waals surface area (Å²) >= 11 is 0. The van der Waals surface area contributed by atoms with Crippen LogP contribution in [0.3, 0.4) is 0 Å². The van der Waals surface area contributed by atoms with E-state index in [2.05, 4.69) is 30.6 Å². The molecule has 1 aliphatic heterocycles. The minimum atomic E-state index is 0.287. The number of rotatable bonds is 7. The molecule has 0 amide bonds. The molecule has 3 heteroatoms. The molecular weight excluding hydrogens is 258 g/mol. The van der Waals surface area contributed by atoms with Crippen molar-refractivity contribution in [1.29, 1.82) is 0 Å². The van der Waals surface area contributed by atoms with E-state index in [1.807, 2.05) is 0 Å². The molecule has 3 nitrogen and oxygen atoms in total. The largest absolute Gasteiger partial charge is 0.329 e. The van der Waals surface area contributed by atoms with Crippen LogP contribution < -0.4 is 5.73 Å². The summed E-state index contributed by atoms with van der Waals surface area (Å²) in [5, 5.41) is 0. The molecule has 2 rings (SSSR count). The van der Waals surface area contributed by atoms with Crippen molar-refractivity contribution in [2.24, 2.45) is 11.7 Å². The highest BCUT2D eigenvalue weighted by atomic mass is 15.3. The van der Waals surface area contributed by atoms with Crippen molar-refractivity contribution in [3.63, 3.8) is 0 Å². The third-order valence-electron chi connectivity index (χ3n) is 5.94. The van der Waals surface area contributed by atoms with Gasteiger partial charge >= 0.3 is 0 Å². The fraction of sp³-hybridized carbons (Fsp3) is 1.00. The Hall–Kier alpha value is -0.120. The molecule has 2 fully saturated rings. The molecule has 0 spiro atoms. The summed E-state index contributed by atoms with van der Waals surface area (Å²) in [5.41, 5.74) is 6.63. The Bertz CT molecular complexity index is 289. The Labute approximate surface area is 132 Å². The van der Waals surface area contributed by atoms with Crippen LogP contribution in [0, 0.1) is 5.92 Å². The Morgan fingerprint density at radius 1 is 1.19 bits per heavy atom. The lowest BCUT2D eigenvalue weighted by Gasteiger charge is -2.51. The molecule has 0 bridgehead atoms. The average Bonchev–Trinajstić information content (AvgIpc) is 3.01. The van der Waals surface area contributed by atoms with Gasteiger partial charge in [-0.15, -0.1) is 0 Å².